The van der Waals surface area contributed by atoms with Crippen molar-refractivity contribution in [2.45, 2.75) is 33.9 Å². The van der Waals surface area contributed by atoms with Crippen LogP contribution in [0.15, 0.2) is 66.7 Å². The Hall–Kier alpha value is -4.39. The van der Waals surface area contributed by atoms with Crippen molar-refractivity contribution in [2.24, 2.45) is 0 Å². The Bertz CT molecular complexity index is 1820. The maximum absolute atomic E-state index is 14.0. The minimum Gasteiger partial charge on any atom is -0.308 e. The van der Waals surface area contributed by atoms with Gasteiger partial charge in [0.1, 0.15) is 0 Å². The van der Waals surface area contributed by atoms with E-state index in [1.165, 1.54) is 11.0 Å². The smallest absolute Gasteiger partial charge is 0.308 e. The van der Waals surface area contributed by atoms with E-state index in [2.05, 4.69) is 0 Å². The van der Waals surface area contributed by atoms with Crippen molar-refractivity contribution in [3.63, 3.8) is 0 Å². The van der Waals surface area contributed by atoms with Gasteiger partial charge in [0.15, 0.2) is 0 Å². The first-order chi connectivity index (χ1) is 18.0. The fraction of sp³-hybridized carbons (Fsp3) is 0.161. The normalized spacial score (nSPS) is 13.7. The first kappa shape index (κ1) is 24.0. The third-order valence-corrected chi connectivity index (χ3v) is 7.24. The zero-order valence-corrected chi connectivity index (χ0v) is 21.2. The van der Waals surface area contributed by atoms with Crippen LogP contribution in [0.3, 0.4) is 0 Å². The number of aromatic nitrogens is 1. The average molecular weight is 513 g/mol. The minimum absolute atomic E-state index is 0.176. The molecule has 0 spiro atoms. The largest absolute Gasteiger partial charge is 0.416 e. The van der Waals surface area contributed by atoms with Gasteiger partial charge in [-0.1, -0.05) is 42.0 Å². The van der Waals surface area contributed by atoms with Gasteiger partial charge >= 0.3 is 6.18 Å². The van der Waals surface area contributed by atoms with Crippen LogP contribution in [-0.2, 0) is 6.18 Å². The van der Waals surface area contributed by atoms with E-state index < -0.39 is 23.6 Å². The first-order valence-electron chi connectivity index (χ1n) is 12.2. The van der Waals surface area contributed by atoms with Crippen LogP contribution in [0.1, 0.15) is 48.5 Å². The Labute approximate surface area is 216 Å². The van der Waals surface area contributed by atoms with Crippen LogP contribution in [0.5, 0.6) is 0 Å². The summed E-state index contributed by atoms with van der Waals surface area (Å²) in [5, 5.41) is 1.39. The molecule has 2 heterocycles. The third kappa shape index (κ3) is 3.38. The van der Waals surface area contributed by atoms with Gasteiger partial charge in [-0.25, -0.2) is 4.90 Å². The van der Waals surface area contributed by atoms with Crippen molar-refractivity contribution in [3.05, 3.63) is 106 Å². The molecular weight excluding hydrogens is 489 g/mol. The monoisotopic (exact) mass is 512 g/mol. The van der Waals surface area contributed by atoms with Gasteiger partial charge in [0, 0.05) is 10.8 Å². The molecule has 0 N–H and O–H groups in total. The minimum atomic E-state index is -4.53. The molecule has 4 aromatic carbocycles. The number of amides is 2. The summed E-state index contributed by atoms with van der Waals surface area (Å²) in [5.74, 6) is -0.944. The van der Waals surface area contributed by atoms with Crippen molar-refractivity contribution in [1.82, 2.24) is 4.57 Å². The molecule has 0 radical (unpaired) electrons. The Morgan fingerprint density at radius 2 is 1.32 bits per heavy atom. The zero-order chi connectivity index (χ0) is 27.1. The lowest BCUT2D eigenvalue weighted by Crippen LogP contribution is -2.31. The third-order valence-electron chi connectivity index (χ3n) is 7.24. The number of benzene rings is 4. The van der Waals surface area contributed by atoms with Crippen molar-refractivity contribution >= 4 is 39.3 Å². The van der Waals surface area contributed by atoms with Crippen LogP contribution in [0.4, 0.5) is 18.9 Å². The Morgan fingerprint density at radius 3 is 1.97 bits per heavy atom. The molecule has 38 heavy (non-hydrogen) atoms. The predicted molar refractivity (Wildman–Crippen MR) is 142 cm³/mol. The van der Waals surface area contributed by atoms with E-state index in [-0.39, 0.29) is 11.1 Å². The van der Waals surface area contributed by atoms with Gasteiger partial charge in [0.25, 0.3) is 11.8 Å². The molecule has 0 bridgehead atoms. The number of halogens is 3. The summed E-state index contributed by atoms with van der Waals surface area (Å²) in [6, 6.07) is 18.1. The lowest BCUT2D eigenvalue weighted by molar-refractivity contribution is -0.137. The molecule has 0 saturated heterocycles. The summed E-state index contributed by atoms with van der Waals surface area (Å²) in [6.07, 6.45) is -4.53. The Morgan fingerprint density at radius 1 is 0.684 bits per heavy atom. The molecule has 2 amide bonds. The lowest BCUT2D eigenvalue weighted by Gasteiger charge is -2.20. The summed E-state index contributed by atoms with van der Waals surface area (Å²) in [4.78, 5) is 28.8. The van der Waals surface area contributed by atoms with Crippen LogP contribution in [0.2, 0.25) is 0 Å². The molecule has 0 unspecified atom stereocenters. The topological polar surface area (TPSA) is 42.3 Å². The highest BCUT2D eigenvalue weighted by atomic mass is 19.4. The van der Waals surface area contributed by atoms with E-state index in [9.17, 15) is 22.8 Å². The number of fused-ring (bicyclic) bond motifs is 4. The molecule has 4 nitrogen and oxygen atoms in total. The summed E-state index contributed by atoms with van der Waals surface area (Å²) in [7, 11) is 0. The molecule has 0 saturated carbocycles. The highest BCUT2D eigenvalue weighted by Crippen LogP contribution is 2.41. The van der Waals surface area contributed by atoms with Crippen LogP contribution >= 0.6 is 0 Å². The molecular formula is C31H23F3N2O2. The van der Waals surface area contributed by atoms with Crippen molar-refractivity contribution in [1.29, 1.82) is 0 Å². The number of carbonyl (C=O) groups excluding carboxylic acids is 2. The van der Waals surface area contributed by atoms with Gasteiger partial charge in [-0.15, -0.1) is 0 Å². The molecule has 1 aliphatic rings. The van der Waals surface area contributed by atoms with Crippen molar-refractivity contribution in [3.8, 4) is 5.69 Å². The first-order valence-corrected chi connectivity index (χ1v) is 12.2. The molecule has 1 aromatic heterocycles. The number of hydrogen-bond acceptors (Lipinski definition) is 2. The van der Waals surface area contributed by atoms with E-state index in [0.717, 1.165) is 39.8 Å². The number of aryl methyl sites for hydroxylation is 4. The summed E-state index contributed by atoms with van der Waals surface area (Å²) < 4.78 is 42.9. The lowest BCUT2D eigenvalue weighted by atomic mass is 10.0. The van der Waals surface area contributed by atoms with Crippen LogP contribution in [0, 0.1) is 27.7 Å². The van der Waals surface area contributed by atoms with Gasteiger partial charge in [-0.05, 0) is 74.7 Å². The molecule has 0 fully saturated rings. The van der Waals surface area contributed by atoms with Crippen molar-refractivity contribution < 1.29 is 22.8 Å². The summed E-state index contributed by atoms with van der Waals surface area (Å²) in [6.45, 7) is 7.56. The molecule has 1 aliphatic heterocycles. The van der Waals surface area contributed by atoms with E-state index >= 15 is 0 Å². The molecule has 0 aliphatic carbocycles. The zero-order valence-electron chi connectivity index (χ0n) is 21.2. The molecule has 7 heteroatoms. The number of carbonyl (C=O) groups is 2. The fourth-order valence-electron chi connectivity index (χ4n) is 5.75. The molecule has 0 atom stereocenters. The quantitative estimate of drug-likeness (QED) is 0.226. The maximum Gasteiger partial charge on any atom is 0.416 e. The van der Waals surface area contributed by atoms with Gasteiger partial charge in [-0.3, -0.25) is 9.59 Å². The van der Waals surface area contributed by atoms with Crippen molar-refractivity contribution in [2.75, 3.05) is 4.90 Å². The Kier molecular flexibility index (Phi) is 5.08. The Balaban J connectivity index is 1.66. The van der Waals surface area contributed by atoms with E-state index in [4.69, 9.17) is 0 Å². The highest BCUT2D eigenvalue weighted by molar-refractivity contribution is 6.36. The highest BCUT2D eigenvalue weighted by Gasteiger charge is 2.40. The van der Waals surface area contributed by atoms with Crippen LogP contribution in [0.25, 0.3) is 27.5 Å². The van der Waals surface area contributed by atoms with Crippen LogP contribution < -0.4 is 4.90 Å². The summed E-state index contributed by atoms with van der Waals surface area (Å²) in [5.41, 5.74) is 5.01. The second-order valence-electron chi connectivity index (χ2n) is 9.98. The van der Waals surface area contributed by atoms with E-state index in [1.807, 2.05) is 58.0 Å². The molecule has 190 valence electrons. The van der Waals surface area contributed by atoms with Crippen LogP contribution in [-0.4, -0.2) is 16.4 Å². The summed E-state index contributed by atoms with van der Waals surface area (Å²) >= 11 is 0. The average Bonchev–Trinajstić information content (AvgIpc) is 3.29. The number of imide groups is 1. The SMILES string of the molecule is Cc1cc(C)c(N2C(=O)c3cccc(-n4c5cc(C)ccc5c5ccc(C(F)(F)F)cc54)c3C2=O)c(C)c1. The number of hydrogen-bond donors (Lipinski definition) is 0. The number of nitrogens with zero attached hydrogens (tertiary/aromatic N) is 2. The maximum atomic E-state index is 14.0. The van der Waals surface area contributed by atoms with Gasteiger partial charge in [0.05, 0.1) is 39.1 Å². The molecule has 5 aromatic rings. The number of alkyl halides is 3. The fourth-order valence-corrected chi connectivity index (χ4v) is 5.75. The van der Waals surface area contributed by atoms with Gasteiger partial charge < -0.3 is 4.57 Å². The number of rotatable bonds is 2. The standard InChI is InChI=1S/C31H23F3N2O2/c1-16-8-10-21-22-11-9-20(31(32,33)34)15-26(22)35(25(21)14-16)24-7-5-6-23-27(24)30(38)36(29(23)37)28-18(3)12-17(2)13-19(28)4/h5-15H,1-4H3. The second-order valence-corrected chi connectivity index (χ2v) is 9.98. The number of anilines is 1. The van der Waals surface area contributed by atoms with Gasteiger partial charge in [0.2, 0.25) is 0 Å². The second kappa shape index (κ2) is 8.05. The van der Waals surface area contributed by atoms with Gasteiger partial charge in [-0.2, -0.15) is 13.2 Å². The van der Waals surface area contributed by atoms with E-state index in [1.54, 1.807) is 22.8 Å². The molecule has 6 rings (SSSR count). The predicted octanol–water partition coefficient (Wildman–Crippen LogP) is 7.84. The van der Waals surface area contributed by atoms with E-state index in [0.29, 0.717) is 27.8 Å².